The van der Waals surface area contributed by atoms with Gasteiger partial charge >= 0.3 is 0 Å². The second kappa shape index (κ2) is 8.57. The maximum Gasteiger partial charge on any atom is 0.266 e. The van der Waals surface area contributed by atoms with Gasteiger partial charge in [-0.15, -0.1) is 0 Å². The Morgan fingerprint density at radius 1 is 1.20 bits per heavy atom. The minimum absolute atomic E-state index is 0.0476. The summed E-state index contributed by atoms with van der Waals surface area (Å²) in [6.45, 7) is 3.87. The van der Waals surface area contributed by atoms with Gasteiger partial charge in [0, 0.05) is 5.02 Å². The first kappa shape index (κ1) is 18.9. The lowest BCUT2D eigenvalue weighted by atomic mass is 10.1. The molecule has 0 aliphatic carbocycles. The monoisotopic (exact) mass is 374 g/mol. The first-order chi connectivity index (χ1) is 11.9. The molecule has 0 saturated carbocycles. The summed E-state index contributed by atoms with van der Waals surface area (Å²) < 4.78 is 5.56. The first-order valence-electron chi connectivity index (χ1n) is 7.54. The minimum Gasteiger partial charge on any atom is -0.491 e. The van der Waals surface area contributed by atoms with Gasteiger partial charge in [0.05, 0.1) is 16.8 Å². The Labute approximate surface area is 156 Å². The molecule has 6 heteroatoms. The molecule has 2 aromatic rings. The third kappa shape index (κ3) is 5.53. The topological polar surface area (TPSA) is 62.1 Å². The van der Waals surface area contributed by atoms with Gasteiger partial charge in [-0.1, -0.05) is 35.3 Å². The van der Waals surface area contributed by atoms with Crippen molar-refractivity contribution < 1.29 is 9.53 Å². The smallest absolute Gasteiger partial charge is 0.266 e. The lowest BCUT2D eigenvalue weighted by molar-refractivity contribution is -0.112. The molecule has 4 nitrogen and oxygen atoms in total. The average Bonchev–Trinajstić information content (AvgIpc) is 2.57. The second-order valence-corrected chi connectivity index (χ2v) is 6.33. The fourth-order valence-electron chi connectivity index (χ4n) is 2.01. The normalized spacial score (nSPS) is 11.1. The molecule has 2 rings (SSSR count). The van der Waals surface area contributed by atoms with Crippen molar-refractivity contribution in [3.63, 3.8) is 0 Å². The Bertz CT molecular complexity index is 837. The Morgan fingerprint density at radius 3 is 2.48 bits per heavy atom. The summed E-state index contributed by atoms with van der Waals surface area (Å²) >= 11 is 11.9. The van der Waals surface area contributed by atoms with Crippen molar-refractivity contribution in [1.82, 2.24) is 0 Å². The van der Waals surface area contributed by atoms with Gasteiger partial charge in [0.25, 0.3) is 5.91 Å². The van der Waals surface area contributed by atoms with Gasteiger partial charge in [0.2, 0.25) is 0 Å². The van der Waals surface area contributed by atoms with Crippen molar-refractivity contribution in [2.45, 2.75) is 20.0 Å². The fraction of sp³-hybridized carbons (Fsp3) is 0.158. The highest BCUT2D eigenvalue weighted by Crippen LogP contribution is 2.26. The third-order valence-electron chi connectivity index (χ3n) is 3.10. The molecule has 0 aliphatic rings. The number of amides is 1. The van der Waals surface area contributed by atoms with Crippen LogP contribution in [-0.4, -0.2) is 12.0 Å². The van der Waals surface area contributed by atoms with Crippen molar-refractivity contribution in [2.24, 2.45) is 0 Å². The summed E-state index contributed by atoms with van der Waals surface area (Å²) in [4.78, 5) is 12.3. The zero-order valence-electron chi connectivity index (χ0n) is 13.7. The molecule has 0 spiro atoms. The van der Waals surface area contributed by atoms with Crippen LogP contribution in [0, 0.1) is 11.3 Å². The number of nitrogens with one attached hydrogen (secondary N) is 1. The number of halogens is 2. The van der Waals surface area contributed by atoms with E-state index in [0.29, 0.717) is 21.3 Å². The number of ether oxygens (including phenoxy) is 1. The number of rotatable bonds is 5. The van der Waals surface area contributed by atoms with Gasteiger partial charge in [-0.2, -0.15) is 5.26 Å². The van der Waals surface area contributed by atoms with Crippen molar-refractivity contribution in [2.75, 3.05) is 5.32 Å². The zero-order valence-corrected chi connectivity index (χ0v) is 15.2. The molecule has 0 unspecified atom stereocenters. The molecule has 2 aromatic carbocycles. The van der Waals surface area contributed by atoms with Crippen LogP contribution in [0.1, 0.15) is 19.4 Å². The predicted octanol–water partition coefficient (Wildman–Crippen LogP) is 5.33. The van der Waals surface area contributed by atoms with E-state index < -0.39 is 5.91 Å². The number of anilines is 1. The molecule has 25 heavy (non-hydrogen) atoms. The van der Waals surface area contributed by atoms with Gasteiger partial charge in [-0.05, 0) is 55.8 Å². The molecule has 1 N–H and O–H groups in total. The molecule has 0 bridgehead atoms. The van der Waals surface area contributed by atoms with E-state index in [1.807, 2.05) is 19.9 Å². The molecule has 0 radical (unpaired) electrons. The van der Waals surface area contributed by atoms with Crippen molar-refractivity contribution in [3.8, 4) is 11.8 Å². The lowest BCUT2D eigenvalue weighted by Crippen LogP contribution is -2.13. The van der Waals surface area contributed by atoms with E-state index in [9.17, 15) is 10.1 Å². The van der Waals surface area contributed by atoms with Crippen molar-refractivity contribution >= 4 is 40.9 Å². The number of nitriles is 1. The molecule has 0 saturated heterocycles. The molecule has 0 atom stereocenters. The van der Waals surface area contributed by atoms with Crippen LogP contribution in [0.25, 0.3) is 6.08 Å². The van der Waals surface area contributed by atoms with Crippen LogP contribution in [-0.2, 0) is 4.79 Å². The summed E-state index contributed by atoms with van der Waals surface area (Å²) in [5.41, 5.74) is 1.01. The Kier molecular flexibility index (Phi) is 6.46. The van der Waals surface area contributed by atoms with Crippen LogP contribution in [0.3, 0.4) is 0 Å². The van der Waals surface area contributed by atoms with Gasteiger partial charge in [0.15, 0.2) is 0 Å². The highest BCUT2D eigenvalue weighted by molar-refractivity contribution is 6.36. The van der Waals surface area contributed by atoms with E-state index in [1.54, 1.807) is 36.4 Å². The van der Waals surface area contributed by atoms with Crippen LogP contribution < -0.4 is 10.1 Å². The SMILES string of the molecule is CC(C)Oc1ccc(/C=C(\C#N)C(=O)Nc2cc(Cl)ccc2Cl)cc1. The standard InChI is InChI=1S/C19H16Cl2N2O2/c1-12(2)25-16-6-3-13(4-7-16)9-14(11-22)19(24)23-18-10-15(20)5-8-17(18)21/h3-10,12H,1-2H3,(H,23,24)/b14-9+. The second-order valence-electron chi connectivity index (χ2n) is 5.48. The van der Waals surface area contributed by atoms with E-state index in [4.69, 9.17) is 27.9 Å². The van der Waals surface area contributed by atoms with Gasteiger partial charge in [0.1, 0.15) is 17.4 Å². The van der Waals surface area contributed by atoms with Crippen LogP contribution in [0.2, 0.25) is 10.0 Å². The van der Waals surface area contributed by atoms with Gasteiger partial charge < -0.3 is 10.1 Å². The third-order valence-corrected chi connectivity index (χ3v) is 3.67. The summed E-state index contributed by atoms with van der Waals surface area (Å²) in [5.74, 6) is 0.162. The van der Waals surface area contributed by atoms with Crippen LogP contribution in [0.5, 0.6) is 5.75 Å². The number of nitrogens with zero attached hydrogens (tertiary/aromatic N) is 1. The van der Waals surface area contributed by atoms with Gasteiger partial charge in [-0.3, -0.25) is 4.79 Å². The Hall–Kier alpha value is -2.48. The van der Waals surface area contributed by atoms with Crippen LogP contribution in [0.4, 0.5) is 5.69 Å². The molecule has 0 fully saturated rings. The molecule has 1 amide bonds. The molecule has 0 aliphatic heterocycles. The summed E-state index contributed by atoms with van der Waals surface area (Å²) in [6.07, 6.45) is 1.57. The Morgan fingerprint density at radius 2 is 1.88 bits per heavy atom. The Balaban J connectivity index is 2.17. The van der Waals surface area contributed by atoms with Crippen molar-refractivity contribution in [1.29, 1.82) is 5.26 Å². The van der Waals surface area contributed by atoms with E-state index in [2.05, 4.69) is 5.32 Å². The number of carbonyl (C=O) groups excluding carboxylic acids is 1. The average molecular weight is 375 g/mol. The number of carbonyl (C=O) groups is 1. The maximum atomic E-state index is 12.3. The number of hydrogen-bond donors (Lipinski definition) is 1. The van der Waals surface area contributed by atoms with E-state index >= 15 is 0 Å². The summed E-state index contributed by atoms with van der Waals surface area (Å²) in [5, 5.41) is 12.6. The molecule has 0 aromatic heterocycles. The van der Waals surface area contributed by atoms with Crippen LogP contribution >= 0.6 is 23.2 Å². The van der Waals surface area contributed by atoms with E-state index in [-0.39, 0.29) is 11.7 Å². The molecule has 128 valence electrons. The highest BCUT2D eigenvalue weighted by Gasteiger charge is 2.12. The summed E-state index contributed by atoms with van der Waals surface area (Å²) in [6, 6.07) is 13.7. The van der Waals surface area contributed by atoms with Crippen LogP contribution in [0.15, 0.2) is 48.0 Å². The maximum absolute atomic E-state index is 12.3. The van der Waals surface area contributed by atoms with Crippen molar-refractivity contribution in [3.05, 3.63) is 63.6 Å². The highest BCUT2D eigenvalue weighted by atomic mass is 35.5. The quantitative estimate of drug-likeness (QED) is 0.568. The first-order valence-corrected chi connectivity index (χ1v) is 8.29. The fourth-order valence-corrected chi connectivity index (χ4v) is 2.35. The lowest BCUT2D eigenvalue weighted by Gasteiger charge is -2.09. The zero-order chi connectivity index (χ0) is 18.4. The molecule has 0 heterocycles. The van der Waals surface area contributed by atoms with E-state index in [1.165, 1.54) is 12.1 Å². The summed E-state index contributed by atoms with van der Waals surface area (Å²) in [7, 11) is 0. The minimum atomic E-state index is -0.561. The van der Waals surface area contributed by atoms with Gasteiger partial charge in [-0.25, -0.2) is 0 Å². The largest absolute Gasteiger partial charge is 0.491 e. The molecular formula is C19H16Cl2N2O2. The number of hydrogen-bond acceptors (Lipinski definition) is 3. The predicted molar refractivity (Wildman–Crippen MR) is 101 cm³/mol. The molecular weight excluding hydrogens is 359 g/mol. The van der Waals surface area contributed by atoms with E-state index in [0.717, 1.165) is 5.75 Å². The number of benzene rings is 2.